The normalized spacial score (nSPS) is 3.62. The maximum Gasteiger partial charge on any atom is 0.0371 e. The Labute approximate surface area is 51.6 Å². The molecule has 0 atom stereocenters. The summed E-state index contributed by atoms with van der Waals surface area (Å²) >= 11 is 0. The summed E-state index contributed by atoms with van der Waals surface area (Å²) in [6.45, 7) is 7.19. The van der Waals surface area contributed by atoms with Crippen LogP contribution in [0.4, 0.5) is 0 Å². The van der Waals surface area contributed by atoms with E-state index in [-0.39, 0.29) is 0 Å². The molecule has 0 fully saturated rings. The summed E-state index contributed by atoms with van der Waals surface area (Å²) < 4.78 is 0. The lowest BCUT2D eigenvalue weighted by atomic mass is 11.0. The van der Waals surface area contributed by atoms with Gasteiger partial charge in [0.25, 0.3) is 0 Å². The number of hydrogen-bond donors (Lipinski definition) is 1. The lowest BCUT2D eigenvalue weighted by Crippen LogP contribution is -1.35. The molecule has 2 heteroatoms. The molecule has 0 rings (SSSR count). The minimum atomic E-state index is 1.00. The summed E-state index contributed by atoms with van der Waals surface area (Å²) in [5.41, 5.74) is 0. The molecule has 0 aromatic carbocycles. The van der Waals surface area contributed by atoms with Crippen molar-refractivity contribution < 1.29 is 5.11 Å². The van der Waals surface area contributed by atoms with E-state index in [1.165, 1.54) is 0 Å². The predicted molar refractivity (Wildman–Crippen MR) is 38.5 cm³/mol. The average molecular weight is 117 g/mol. The maximum atomic E-state index is 7.00. The Kier molecular flexibility index (Phi) is 185. The van der Waals surface area contributed by atoms with Crippen LogP contribution in [0.2, 0.25) is 0 Å². The Morgan fingerprint density at radius 1 is 1.38 bits per heavy atom. The number of rotatable bonds is 0. The Morgan fingerprint density at radius 2 is 1.50 bits per heavy atom. The first-order valence-corrected chi connectivity index (χ1v) is 2.47. The van der Waals surface area contributed by atoms with Gasteiger partial charge in [-0.3, -0.25) is 0 Å². The van der Waals surface area contributed by atoms with Crippen LogP contribution in [0.5, 0.6) is 0 Å². The molecule has 0 radical (unpaired) electrons. The van der Waals surface area contributed by atoms with Crippen LogP contribution in [0.15, 0.2) is 11.6 Å². The first-order valence-electron chi connectivity index (χ1n) is 2.47. The summed E-state index contributed by atoms with van der Waals surface area (Å²) in [7, 11) is 2.63. The molecular weight excluding hydrogens is 102 g/mol. The molecule has 0 amide bonds. The second-order valence-electron chi connectivity index (χ2n) is 0.382. The van der Waals surface area contributed by atoms with Gasteiger partial charge in [-0.2, -0.15) is 0 Å². The zero-order chi connectivity index (χ0) is 7.41. The molecule has 1 N–H and O–H groups in total. The molecule has 0 saturated heterocycles. The van der Waals surface area contributed by atoms with Crippen molar-refractivity contribution in [3.05, 3.63) is 6.58 Å². The van der Waals surface area contributed by atoms with Crippen LogP contribution in [0.25, 0.3) is 0 Å². The zero-order valence-electron chi connectivity index (χ0n) is 6.10. The van der Waals surface area contributed by atoms with Gasteiger partial charge in [0.15, 0.2) is 0 Å². The van der Waals surface area contributed by atoms with Gasteiger partial charge in [-0.25, -0.2) is 4.99 Å². The van der Waals surface area contributed by atoms with E-state index in [9.17, 15) is 0 Å². The highest BCUT2D eigenvalue weighted by Gasteiger charge is 1.21. The lowest BCUT2D eigenvalue weighted by Gasteiger charge is -1.42. The molecule has 0 aliphatic heterocycles. The van der Waals surface area contributed by atoms with E-state index >= 15 is 0 Å². The van der Waals surface area contributed by atoms with Crippen molar-refractivity contribution in [3.8, 4) is 0 Å². The third-order valence-electron chi connectivity index (χ3n) is 0.158. The Hall–Kier alpha value is -0.590. The van der Waals surface area contributed by atoms with Crippen LogP contribution >= 0.6 is 0 Å². The minimum Gasteiger partial charge on any atom is -0.400 e. The van der Waals surface area contributed by atoms with Gasteiger partial charge < -0.3 is 5.11 Å². The van der Waals surface area contributed by atoms with E-state index in [4.69, 9.17) is 5.11 Å². The Balaban J connectivity index is -0.0000000542. The standard InChI is InChI=1S/C3H5N.C2H6.CH4O/c1-3-4-2;2*1-2/h1H2,2H3;1-2H3;2H,1H3. The molecular formula is C6H15NO. The van der Waals surface area contributed by atoms with Gasteiger partial charge in [-0.15, -0.1) is 0 Å². The van der Waals surface area contributed by atoms with Gasteiger partial charge >= 0.3 is 0 Å². The van der Waals surface area contributed by atoms with E-state index in [0.717, 1.165) is 7.11 Å². The van der Waals surface area contributed by atoms with Gasteiger partial charge in [0.1, 0.15) is 0 Å². The van der Waals surface area contributed by atoms with Crippen molar-refractivity contribution in [2.24, 2.45) is 4.99 Å². The molecule has 8 heavy (non-hydrogen) atoms. The SMILES string of the molecule is C=C=NC.CC.CO. The van der Waals surface area contributed by atoms with Crippen molar-refractivity contribution >= 4 is 5.87 Å². The second-order valence-corrected chi connectivity index (χ2v) is 0.382. The van der Waals surface area contributed by atoms with Crippen LogP contribution in [0.1, 0.15) is 13.8 Å². The van der Waals surface area contributed by atoms with Crippen LogP contribution in [0.3, 0.4) is 0 Å². The van der Waals surface area contributed by atoms with Crippen molar-refractivity contribution in [1.29, 1.82) is 0 Å². The number of aliphatic hydroxyl groups excluding tert-OH is 1. The summed E-state index contributed by atoms with van der Waals surface area (Å²) in [5, 5.41) is 7.00. The molecule has 2 nitrogen and oxygen atoms in total. The van der Waals surface area contributed by atoms with Gasteiger partial charge in [0.05, 0.1) is 0 Å². The average Bonchev–Trinajstić information content (AvgIpc) is 1.96. The molecule has 50 valence electrons. The van der Waals surface area contributed by atoms with E-state index < -0.39 is 0 Å². The molecule has 0 bridgehead atoms. The predicted octanol–water partition coefficient (Wildman–Crippen LogP) is 1.11. The van der Waals surface area contributed by atoms with Gasteiger partial charge in [0, 0.05) is 14.2 Å². The fourth-order valence-corrected chi connectivity index (χ4v) is 0. The molecule has 0 spiro atoms. The monoisotopic (exact) mass is 117 g/mol. The van der Waals surface area contributed by atoms with Crippen LogP contribution in [-0.2, 0) is 0 Å². The molecule has 0 aliphatic rings. The largest absolute Gasteiger partial charge is 0.400 e. The van der Waals surface area contributed by atoms with Crippen molar-refractivity contribution in [3.63, 3.8) is 0 Å². The lowest BCUT2D eigenvalue weighted by molar-refractivity contribution is 0.399. The molecule has 0 aromatic heterocycles. The van der Waals surface area contributed by atoms with Gasteiger partial charge in [0.2, 0.25) is 0 Å². The first kappa shape index (κ1) is 15.7. The fourth-order valence-electron chi connectivity index (χ4n) is 0. The third kappa shape index (κ3) is 626. The molecule has 0 saturated carbocycles. The van der Waals surface area contributed by atoms with Crippen LogP contribution in [-0.4, -0.2) is 25.1 Å². The second kappa shape index (κ2) is 94.4. The molecule has 0 unspecified atom stereocenters. The summed E-state index contributed by atoms with van der Waals surface area (Å²) in [6.07, 6.45) is 0. The molecule has 0 heterocycles. The third-order valence-corrected chi connectivity index (χ3v) is 0.158. The van der Waals surface area contributed by atoms with Crippen LogP contribution < -0.4 is 0 Å². The van der Waals surface area contributed by atoms with Crippen molar-refractivity contribution in [1.82, 2.24) is 0 Å². The van der Waals surface area contributed by atoms with E-state index in [1.807, 2.05) is 13.8 Å². The molecule has 0 aromatic rings. The Morgan fingerprint density at radius 3 is 1.50 bits per heavy atom. The van der Waals surface area contributed by atoms with Gasteiger partial charge in [-0.05, 0) is 12.4 Å². The summed E-state index contributed by atoms with van der Waals surface area (Å²) in [5.74, 6) is 2.31. The van der Waals surface area contributed by atoms with Gasteiger partial charge in [-0.1, -0.05) is 13.8 Å². The van der Waals surface area contributed by atoms with Crippen LogP contribution in [0, 0.1) is 0 Å². The Bertz CT molecular complexity index is 46.5. The van der Waals surface area contributed by atoms with Crippen molar-refractivity contribution in [2.45, 2.75) is 13.8 Å². The van der Waals surface area contributed by atoms with E-state index in [1.54, 1.807) is 7.05 Å². The topological polar surface area (TPSA) is 32.6 Å². The maximum absolute atomic E-state index is 7.00. The highest BCUT2D eigenvalue weighted by atomic mass is 16.2. The first-order chi connectivity index (χ1) is 3.91. The van der Waals surface area contributed by atoms with E-state index in [0.29, 0.717) is 0 Å². The highest BCUT2D eigenvalue weighted by Crippen LogP contribution is 1.29. The summed E-state index contributed by atoms with van der Waals surface area (Å²) in [6, 6.07) is 0. The zero-order valence-corrected chi connectivity index (χ0v) is 6.10. The minimum absolute atomic E-state index is 1.00. The fraction of sp³-hybridized carbons (Fsp3) is 0.667. The quantitative estimate of drug-likeness (QED) is 0.473. The van der Waals surface area contributed by atoms with E-state index in [2.05, 4.69) is 17.4 Å². The number of aliphatic imine (C=N–C) groups is 1. The summed E-state index contributed by atoms with van der Waals surface area (Å²) in [4.78, 5) is 3.38. The number of nitrogens with zero attached hydrogens (tertiary/aromatic N) is 1. The molecule has 0 aliphatic carbocycles. The van der Waals surface area contributed by atoms with Crippen molar-refractivity contribution in [2.75, 3.05) is 14.2 Å². The number of aliphatic hydroxyl groups is 1. The smallest absolute Gasteiger partial charge is 0.0371 e. The number of hydrogen-bond acceptors (Lipinski definition) is 2. The highest BCUT2D eigenvalue weighted by molar-refractivity contribution is 5.45.